The number of nitrogen functional groups attached to an aromatic ring is 1. The Kier molecular flexibility index (Phi) is 6.97. The fraction of sp³-hybridized carbons (Fsp3) is 0.185. The fourth-order valence-corrected chi connectivity index (χ4v) is 3.67. The molecule has 5 aromatic rings. The zero-order chi connectivity index (χ0) is 21.5. The van der Waals surface area contributed by atoms with E-state index in [2.05, 4.69) is 72.3 Å². The number of H-pyrrole nitrogens is 2. The van der Waals surface area contributed by atoms with E-state index in [-0.39, 0.29) is 0 Å². The van der Waals surface area contributed by atoms with E-state index in [4.69, 9.17) is 5.73 Å². The molecule has 3 aromatic carbocycles. The first-order valence-corrected chi connectivity index (χ1v) is 10.7. The topological polar surface area (TPSA) is 57.6 Å². The van der Waals surface area contributed by atoms with E-state index < -0.39 is 0 Å². The van der Waals surface area contributed by atoms with Crippen molar-refractivity contribution >= 4 is 27.5 Å². The molecule has 0 amide bonds. The molecule has 0 unspecified atom stereocenters. The summed E-state index contributed by atoms with van der Waals surface area (Å²) in [5.74, 6) is 0. The van der Waals surface area contributed by atoms with Crippen LogP contribution in [0, 0.1) is 6.92 Å². The molecule has 0 fully saturated rings. The molecule has 0 saturated carbocycles. The summed E-state index contributed by atoms with van der Waals surface area (Å²) in [4.78, 5) is 6.77. The van der Waals surface area contributed by atoms with Crippen molar-refractivity contribution < 1.29 is 0 Å². The lowest BCUT2D eigenvalue weighted by Gasteiger charge is -1.99. The van der Waals surface area contributed by atoms with Gasteiger partial charge in [-0.3, -0.25) is 0 Å². The van der Waals surface area contributed by atoms with Crippen molar-refractivity contribution in [3.8, 4) is 11.3 Å². The Morgan fingerprint density at radius 2 is 1.23 bits per heavy atom. The molecule has 30 heavy (non-hydrogen) atoms. The van der Waals surface area contributed by atoms with E-state index >= 15 is 0 Å². The second-order valence-corrected chi connectivity index (χ2v) is 6.95. The lowest BCUT2D eigenvalue weighted by molar-refractivity contribution is 1.08. The smallest absolute Gasteiger partial charge is 0.0604 e. The monoisotopic (exact) mass is 397 g/mol. The van der Waals surface area contributed by atoms with Gasteiger partial charge in [0.25, 0.3) is 0 Å². The first-order chi connectivity index (χ1) is 14.7. The van der Waals surface area contributed by atoms with Gasteiger partial charge in [-0.2, -0.15) is 0 Å². The van der Waals surface area contributed by atoms with Gasteiger partial charge in [0.05, 0.1) is 5.69 Å². The number of nitrogens with two attached hydrogens (primary N) is 1. The number of hydrogen-bond acceptors (Lipinski definition) is 1. The Balaban J connectivity index is 0.000000163. The van der Waals surface area contributed by atoms with Crippen molar-refractivity contribution in [2.24, 2.45) is 0 Å². The van der Waals surface area contributed by atoms with Crippen LogP contribution < -0.4 is 5.73 Å². The van der Waals surface area contributed by atoms with Gasteiger partial charge in [-0.15, -0.1) is 0 Å². The number of fused-ring (bicyclic) bond motifs is 2. The van der Waals surface area contributed by atoms with Crippen molar-refractivity contribution in [2.75, 3.05) is 5.73 Å². The molecule has 0 saturated heterocycles. The number of anilines is 1. The quantitative estimate of drug-likeness (QED) is 0.284. The molecule has 5 rings (SSSR count). The second kappa shape index (κ2) is 9.84. The molecule has 3 nitrogen and oxygen atoms in total. The molecule has 3 heteroatoms. The number of rotatable bonds is 2. The van der Waals surface area contributed by atoms with Crippen LogP contribution >= 0.6 is 0 Å². The normalized spacial score (nSPS) is 10.3. The fourth-order valence-electron chi connectivity index (χ4n) is 3.67. The largest absolute Gasteiger partial charge is 0.397 e. The Morgan fingerprint density at radius 1 is 0.700 bits per heavy atom. The molecule has 0 radical (unpaired) electrons. The first-order valence-electron chi connectivity index (χ1n) is 10.7. The van der Waals surface area contributed by atoms with Gasteiger partial charge >= 0.3 is 0 Å². The number of aromatic amines is 2. The van der Waals surface area contributed by atoms with Crippen LogP contribution in [0.4, 0.5) is 5.69 Å². The van der Waals surface area contributed by atoms with Gasteiger partial charge in [0.2, 0.25) is 0 Å². The predicted octanol–water partition coefficient (Wildman–Crippen LogP) is 7.48. The van der Waals surface area contributed by atoms with Gasteiger partial charge in [0, 0.05) is 33.2 Å². The zero-order valence-corrected chi connectivity index (χ0v) is 18.3. The molecule has 0 aliphatic carbocycles. The SMILES string of the molecule is CC.CCc1[nH]c2ccccc2c1N.Cc1c(-c2ccccc2)[nH]c2ccccc12. The minimum absolute atomic E-state index is 0.896. The summed E-state index contributed by atoms with van der Waals surface area (Å²) in [6.45, 7) is 8.27. The van der Waals surface area contributed by atoms with Gasteiger partial charge in [-0.05, 0) is 36.6 Å². The highest BCUT2D eigenvalue weighted by Crippen LogP contribution is 2.29. The highest BCUT2D eigenvalue weighted by Gasteiger charge is 2.07. The number of nitrogens with one attached hydrogen (secondary N) is 2. The third-order valence-electron chi connectivity index (χ3n) is 5.21. The van der Waals surface area contributed by atoms with Crippen LogP contribution in [0.2, 0.25) is 0 Å². The standard InChI is InChI=1S/C15H13N.C10H12N2.C2H6/c1-11-13-9-5-6-10-14(13)16-15(11)12-7-3-2-4-8-12;1-2-8-10(11)7-5-3-4-6-9(7)12-8;1-2/h2-10,16H,1H3;3-6,12H,2,11H2,1H3;1-2H3. The van der Waals surface area contributed by atoms with Crippen molar-refractivity contribution in [3.05, 3.63) is 90.1 Å². The summed E-state index contributed by atoms with van der Waals surface area (Å²) < 4.78 is 0. The van der Waals surface area contributed by atoms with E-state index in [0.717, 1.165) is 28.7 Å². The molecule has 4 N–H and O–H groups in total. The molecular formula is C27H31N3. The lowest BCUT2D eigenvalue weighted by atomic mass is 10.1. The van der Waals surface area contributed by atoms with Crippen LogP contribution in [0.25, 0.3) is 33.1 Å². The maximum absolute atomic E-state index is 5.92. The van der Waals surface area contributed by atoms with Crippen LogP contribution in [-0.4, -0.2) is 9.97 Å². The van der Waals surface area contributed by atoms with Crippen LogP contribution in [0.15, 0.2) is 78.9 Å². The van der Waals surface area contributed by atoms with E-state index in [1.165, 1.54) is 27.7 Å². The van der Waals surface area contributed by atoms with Gasteiger partial charge in [0.15, 0.2) is 0 Å². The maximum Gasteiger partial charge on any atom is 0.0604 e. The molecule has 0 atom stereocenters. The number of aryl methyl sites for hydroxylation is 2. The third kappa shape index (κ3) is 4.25. The van der Waals surface area contributed by atoms with Crippen molar-refractivity contribution in [1.29, 1.82) is 0 Å². The maximum atomic E-state index is 5.92. The summed E-state index contributed by atoms with van der Waals surface area (Å²) >= 11 is 0. The Hall–Kier alpha value is -3.46. The van der Waals surface area contributed by atoms with Gasteiger partial charge < -0.3 is 15.7 Å². The average Bonchev–Trinajstić information content (AvgIpc) is 3.33. The number of benzene rings is 3. The second-order valence-electron chi connectivity index (χ2n) is 6.95. The summed E-state index contributed by atoms with van der Waals surface area (Å²) in [6.07, 6.45) is 0.959. The summed E-state index contributed by atoms with van der Waals surface area (Å²) in [6, 6.07) is 27.0. The van der Waals surface area contributed by atoms with E-state index in [1.807, 2.05) is 44.2 Å². The highest BCUT2D eigenvalue weighted by molar-refractivity contribution is 5.93. The molecule has 0 aliphatic heterocycles. The molecular weight excluding hydrogens is 366 g/mol. The molecule has 0 spiro atoms. The number of hydrogen-bond donors (Lipinski definition) is 3. The molecule has 154 valence electrons. The Labute approximate surface area is 179 Å². The molecule has 2 heterocycles. The minimum atomic E-state index is 0.896. The minimum Gasteiger partial charge on any atom is -0.397 e. The van der Waals surface area contributed by atoms with E-state index in [1.54, 1.807) is 0 Å². The summed E-state index contributed by atoms with van der Waals surface area (Å²) in [5, 5.41) is 2.44. The zero-order valence-electron chi connectivity index (χ0n) is 18.3. The first kappa shape index (κ1) is 21.3. The lowest BCUT2D eigenvalue weighted by Crippen LogP contribution is -1.88. The summed E-state index contributed by atoms with van der Waals surface area (Å²) in [7, 11) is 0. The predicted molar refractivity (Wildman–Crippen MR) is 132 cm³/mol. The molecule has 0 bridgehead atoms. The van der Waals surface area contributed by atoms with Crippen molar-refractivity contribution in [2.45, 2.75) is 34.1 Å². The van der Waals surface area contributed by atoms with Crippen LogP contribution in [0.1, 0.15) is 32.0 Å². The van der Waals surface area contributed by atoms with Gasteiger partial charge in [-0.1, -0.05) is 87.5 Å². The number of aromatic nitrogens is 2. The average molecular weight is 398 g/mol. The summed E-state index contributed by atoms with van der Waals surface area (Å²) in [5.41, 5.74) is 14.1. The molecule has 2 aromatic heterocycles. The van der Waals surface area contributed by atoms with Crippen LogP contribution in [0.5, 0.6) is 0 Å². The van der Waals surface area contributed by atoms with Gasteiger partial charge in [0.1, 0.15) is 0 Å². The van der Waals surface area contributed by atoms with E-state index in [9.17, 15) is 0 Å². The van der Waals surface area contributed by atoms with Gasteiger partial charge in [-0.25, -0.2) is 0 Å². The Bertz CT molecular complexity index is 1210. The van der Waals surface area contributed by atoms with E-state index in [0.29, 0.717) is 0 Å². The van der Waals surface area contributed by atoms with Crippen LogP contribution in [-0.2, 0) is 6.42 Å². The van der Waals surface area contributed by atoms with Crippen molar-refractivity contribution in [3.63, 3.8) is 0 Å². The third-order valence-corrected chi connectivity index (χ3v) is 5.21. The molecule has 0 aliphatic rings. The van der Waals surface area contributed by atoms with Crippen molar-refractivity contribution in [1.82, 2.24) is 9.97 Å². The Morgan fingerprint density at radius 3 is 1.80 bits per heavy atom. The number of para-hydroxylation sites is 2. The van der Waals surface area contributed by atoms with Crippen LogP contribution in [0.3, 0.4) is 0 Å². The highest BCUT2D eigenvalue weighted by atomic mass is 14.8.